The molecule has 0 spiro atoms. The summed E-state index contributed by atoms with van der Waals surface area (Å²) in [6.45, 7) is 3.23. The first-order valence-electron chi connectivity index (χ1n) is 7.69. The van der Waals surface area contributed by atoms with Crippen LogP contribution >= 0.6 is 22.9 Å². The van der Waals surface area contributed by atoms with Gasteiger partial charge in [0.05, 0.1) is 5.02 Å². The van der Waals surface area contributed by atoms with Gasteiger partial charge in [0.25, 0.3) is 0 Å². The summed E-state index contributed by atoms with van der Waals surface area (Å²) < 4.78 is 1.30. The van der Waals surface area contributed by atoms with Crippen molar-refractivity contribution in [3.05, 3.63) is 34.2 Å². The molecule has 1 aromatic carbocycles. The number of rotatable bonds is 4. The lowest BCUT2D eigenvalue weighted by Crippen LogP contribution is -2.37. The summed E-state index contributed by atoms with van der Waals surface area (Å²) in [4.78, 5) is 1.29. The summed E-state index contributed by atoms with van der Waals surface area (Å²) in [5.74, 6) is 0.844. The Morgan fingerprint density at radius 1 is 1.25 bits per heavy atom. The molecular weight excluding hydrogens is 286 g/mol. The topological polar surface area (TPSA) is 12.0 Å². The standard InChI is InChI=1S/C17H22ClNS/c1-2-12-7-3-5-9-14(12)19-11-16-17(18)13-8-4-6-10-15(13)20-16/h4,6,8,10,12,14,19H,2-3,5,7,9,11H2,1H3. The van der Waals surface area contributed by atoms with Gasteiger partial charge in [-0.1, -0.05) is 56.0 Å². The van der Waals surface area contributed by atoms with E-state index in [4.69, 9.17) is 11.6 Å². The molecule has 0 aliphatic heterocycles. The van der Waals surface area contributed by atoms with Crippen LogP contribution in [0.15, 0.2) is 24.3 Å². The summed E-state index contributed by atoms with van der Waals surface area (Å²) in [6.07, 6.45) is 6.77. The van der Waals surface area contributed by atoms with Crippen LogP contribution < -0.4 is 5.32 Å². The summed E-state index contributed by atoms with van der Waals surface area (Å²) in [5, 5.41) is 5.91. The maximum absolute atomic E-state index is 6.52. The van der Waals surface area contributed by atoms with Crippen molar-refractivity contribution in [3.8, 4) is 0 Å². The van der Waals surface area contributed by atoms with Gasteiger partial charge in [0, 0.05) is 27.5 Å². The van der Waals surface area contributed by atoms with E-state index in [0.29, 0.717) is 6.04 Å². The number of thiophene rings is 1. The average Bonchev–Trinajstić information content (AvgIpc) is 2.82. The van der Waals surface area contributed by atoms with E-state index >= 15 is 0 Å². The van der Waals surface area contributed by atoms with E-state index in [1.54, 1.807) is 0 Å². The molecule has 1 aliphatic rings. The Bertz CT molecular complexity index is 577. The monoisotopic (exact) mass is 307 g/mol. The predicted molar refractivity (Wildman–Crippen MR) is 89.7 cm³/mol. The first-order chi connectivity index (χ1) is 9.79. The Balaban J connectivity index is 1.71. The molecule has 1 nitrogen and oxygen atoms in total. The van der Waals surface area contributed by atoms with Gasteiger partial charge >= 0.3 is 0 Å². The molecule has 1 N–H and O–H groups in total. The summed E-state index contributed by atoms with van der Waals surface area (Å²) >= 11 is 8.34. The summed E-state index contributed by atoms with van der Waals surface area (Å²) in [6, 6.07) is 9.10. The van der Waals surface area contributed by atoms with Crippen LogP contribution in [0.4, 0.5) is 0 Å². The Kier molecular flexibility index (Phi) is 4.65. The van der Waals surface area contributed by atoms with Gasteiger partial charge in [-0.15, -0.1) is 11.3 Å². The minimum atomic E-state index is 0.676. The molecular formula is C17H22ClNS. The number of fused-ring (bicyclic) bond motifs is 1. The van der Waals surface area contributed by atoms with Crippen molar-refractivity contribution in [1.82, 2.24) is 5.32 Å². The van der Waals surface area contributed by atoms with Crippen molar-refractivity contribution in [2.24, 2.45) is 5.92 Å². The number of hydrogen-bond acceptors (Lipinski definition) is 2. The third-order valence-electron chi connectivity index (χ3n) is 4.56. The van der Waals surface area contributed by atoms with Gasteiger partial charge in [0.2, 0.25) is 0 Å². The van der Waals surface area contributed by atoms with Crippen molar-refractivity contribution >= 4 is 33.0 Å². The van der Waals surface area contributed by atoms with Gasteiger partial charge in [-0.2, -0.15) is 0 Å². The van der Waals surface area contributed by atoms with Gasteiger partial charge in [0.15, 0.2) is 0 Å². The lowest BCUT2D eigenvalue weighted by Gasteiger charge is -2.31. The van der Waals surface area contributed by atoms with Crippen LogP contribution in [0.1, 0.15) is 43.9 Å². The molecule has 1 aromatic heterocycles. The van der Waals surface area contributed by atoms with Gasteiger partial charge in [-0.3, -0.25) is 0 Å². The van der Waals surface area contributed by atoms with Crippen LogP contribution in [0.2, 0.25) is 5.02 Å². The fraction of sp³-hybridized carbons (Fsp3) is 0.529. The van der Waals surface area contributed by atoms with Crippen LogP contribution in [0.5, 0.6) is 0 Å². The minimum absolute atomic E-state index is 0.676. The molecule has 2 atom stereocenters. The predicted octanol–water partition coefficient (Wildman–Crippen LogP) is 5.61. The number of hydrogen-bond donors (Lipinski definition) is 1. The minimum Gasteiger partial charge on any atom is -0.309 e. The highest BCUT2D eigenvalue weighted by atomic mass is 35.5. The molecule has 3 heteroatoms. The highest BCUT2D eigenvalue weighted by Gasteiger charge is 2.23. The van der Waals surface area contributed by atoms with E-state index in [0.717, 1.165) is 17.5 Å². The fourth-order valence-corrected chi connectivity index (χ4v) is 4.82. The largest absolute Gasteiger partial charge is 0.309 e. The molecule has 0 bridgehead atoms. The molecule has 2 unspecified atom stereocenters. The zero-order chi connectivity index (χ0) is 13.9. The lowest BCUT2D eigenvalue weighted by molar-refractivity contribution is 0.255. The van der Waals surface area contributed by atoms with Crippen LogP contribution in [-0.2, 0) is 6.54 Å². The maximum Gasteiger partial charge on any atom is 0.0636 e. The maximum atomic E-state index is 6.52. The second-order valence-electron chi connectivity index (χ2n) is 5.78. The highest BCUT2D eigenvalue weighted by Crippen LogP contribution is 2.35. The molecule has 1 heterocycles. The van der Waals surface area contributed by atoms with Gasteiger partial charge in [-0.05, 0) is 24.8 Å². The average molecular weight is 308 g/mol. The molecule has 0 saturated heterocycles. The second-order valence-corrected chi connectivity index (χ2v) is 7.29. The van der Waals surface area contributed by atoms with Crippen molar-refractivity contribution in [1.29, 1.82) is 0 Å². The van der Waals surface area contributed by atoms with Gasteiger partial charge in [0.1, 0.15) is 0 Å². The van der Waals surface area contributed by atoms with Gasteiger partial charge < -0.3 is 5.32 Å². The molecule has 1 saturated carbocycles. The third-order valence-corrected chi connectivity index (χ3v) is 6.27. The van der Waals surface area contributed by atoms with Crippen molar-refractivity contribution in [2.45, 2.75) is 51.6 Å². The number of nitrogens with one attached hydrogen (secondary N) is 1. The first kappa shape index (κ1) is 14.4. The number of halogens is 1. The molecule has 0 amide bonds. The zero-order valence-corrected chi connectivity index (χ0v) is 13.6. The van der Waals surface area contributed by atoms with Crippen LogP contribution in [0.25, 0.3) is 10.1 Å². The molecule has 108 valence electrons. The summed E-state index contributed by atoms with van der Waals surface area (Å²) in [5.41, 5.74) is 0. The van der Waals surface area contributed by atoms with E-state index in [-0.39, 0.29) is 0 Å². The van der Waals surface area contributed by atoms with Crippen molar-refractivity contribution in [2.75, 3.05) is 0 Å². The van der Waals surface area contributed by atoms with Crippen molar-refractivity contribution in [3.63, 3.8) is 0 Å². The molecule has 0 radical (unpaired) electrons. The van der Waals surface area contributed by atoms with E-state index in [1.165, 1.54) is 47.1 Å². The van der Waals surface area contributed by atoms with E-state index in [2.05, 4.69) is 36.5 Å². The highest BCUT2D eigenvalue weighted by molar-refractivity contribution is 7.19. The normalized spacial score (nSPS) is 23.3. The van der Waals surface area contributed by atoms with E-state index < -0.39 is 0 Å². The van der Waals surface area contributed by atoms with Crippen LogP contribution in [0.3, 0.4) is 0 Å². The molecule has 3 rings (SSSR count). The van der Waals surface area contributed by atoms with E-state index in [1.807, 2.05) is 11.3 Å². The molecule has 2 aromatic rings. The summed E-state index contributed by atoms with van der Waals surface area (Å²) in [7, 11) is 0. The number of benzene rings is 1. The Labute approximate surface area is 130 Å². The second kappa shape index (κ2) is 6.46. The quantitative estimate of drug-likeness (QED) is 0.773. The lowest BCUT2D eigenvalue weighted by atomic mass is 9.83. The fourth-order valence-electron chi connectivity index (χ4n) is 3.37. The molecule has 20 heavy (non-hydrogen) atoms. The smallest absolute Gasteiger partial charge is 0.0636 e. The molecule has 1 fully saturated rings. The van der Waals surface area contributed by atoms with E-state index in [9.17, 15) is 0 Å². The SMILES string of the molecule is CCC1CCCCC1NCc1sc2ccccc2c1Cl. The first-order valence-corrected chi connectivity index (χ1v) is 8.88. The third kappa shape index (κ3) is 2.88. The van der Waals surface area contributed by atoms with Crippen molar-refractivity contribution < 1.29 is 0 Å². The Morgan fingerprint density at radius 3 is 2.85 bits per heavy atom. The van der Waals surface area contributed by atoms with Crippen LogP contribution in [-0.4, -0.2) is 6.04 Å². The zero-order valence-electron chi connectivity index (χ0n) is 12.0. The Morgan fingerprint density at radius 2 is 2.05 bits per heavy atom. The molecule has 1 aliphatic carbocycles. The van der Waals surface area contributed by atoms with Gasteiger partial charge in [-0.25, -0.2) is 0 Å². The Hall–Kier alpha value is -0.570. The van der Waals surface area contributed by atoms with Crippen LogP contribution in [0, 0.1) is 5.92 Å².